The van der Waals surface area contributed by atoms with E-state index in [2.05, 4.69) is 5.32 Å². The molecule has 0 spiro atoms. The normalized spacial score (nSPS) is 13.0. The van der Waals surface area contributed by atoms with Gasteiger partial charge in [-0.2, -0.15) is 17.6 Å². The van der Waals surface area contributed by atoms with Gasteiger partial charge in [0, 0.05) is 16.5 Å². The van der Waals surface area contributed by atoms with Gasteiger partial charge in [-0.15, -0.1) is 11.3 Å². The fourth-order valence-corrected chi connectivity index (χ4v) is 5.56. The molecule has 0 aliphatic rings. The van der Waals surface area contributed by atoms with Crippen molar-refractivity contribution in [3.05, 3.63) is 99.7 Å². The lowest BCUT2D eigenvalue weighted by molar-refractivity contribution is -0.167. The number of anilines is 1. The Labute approximate surface area is 291 Å². The summed E-state index contributed by atoms with van der Waals surface area (Å²) < 4.78 is 90.5. The second-order valence-electron chi connectivity index (χ2n) is 10.8. The van der Waals surface area contributed by atoms with Crippen LogP contribution in [0.2, 0.25) is 0 Å². The molecule has 4 rings (SSSR count). The molecule has 0 aliphatic heterocycles. The van der Waals surface area contributed by atoms with Crippen LogP contribution in [-0.2, 0) is 30.7 Å². The predicted molar refractivity (Wildman–Crippen MR) is 174 cm³/mol. The highest BCUT2D eigenvalue weighted by molar-refractivity contribution is 7.10. The van der Waals surface area contributed by atoms with Crippen molar-refractivity contribution in [3.63, 3.8) is 0 Å². The van der Waals surface area contributed by atoms with Crippen LogP contribution in [0.1, 0.15) is 48.0 Å². The number of carbonyl (C=O) groups excluding carboxylic acids is 3. The van der Waals surface area contributed by atoms with Gasteiger partial charge >= 0.3 is 24.3 Å². The molecule has 2 N–H and O–H groups in total. The van der Waals surface area contributed by atoms with E-state index in [9.17, 15) is 37.5 Å². The Balaban J connectivity index is 1.59. The van der Waals surface area contributed by atoms with Crippen molar-refractivity contribution in [3.8, 4) is 22.6 Å². The molecular weight excluding hydrogens is 705 g/mol. The Kier molecular flexibility index (Phi) is 12.0. The number of rotatable bonds is 13. The molecule has 1 heterocycles. The zero-order valence-electron chi connectivity index (χ0n) is 27.1. The number of benzene rings is 3. The van der Waals surface area contributed by atoms with E-state index in [1.54, 1.807) is 6.92 Å². The molecule has 2 atom stereocenters. The molecule has 0 saturated heterocycles. The van der Waals surface area contributed by atoms with Crippen LogP contribution in [0.15, 0.2) is 72.1 Å². The third-order valence-electron chi connectivity index (χ3n) is 7.49. The summed E-state index contributed by atoms with van der Waals surface area (Å²) >= 11 is 0.869. The Morgan fingerprint density at radius 2 is 1.63 bits per heavy atom. The average molecular weight is 736 g/mol. The van der Waals surface area contributed by atoms with Crippen LogP contribution < -0.4 is 14.8 Å². The SMILES string of the molecule is CCOc1c(NC(=O)c2ccccc2-c2ccc(C(F)(F)F)cc2)cc(F)c(OC(=O)OCC(C(=O)O)(C(=O)OC(C)CC)c2cccs2)c1F. The largest absolute Gasteiger partial charge is 0.514 e. The van der Waals surface area contributed by atoms with E-state index in [0.29, 0.717) is 12.5 Å². The quantitative estimate of drug-likeness (QED) is 0.0602. The molecule has 270 valence electrons. The summed E-state index contributed by atoms with van der Waals surface area (Å²) in [5.41, 5.74) is -3.58. The number of thiophene rings is 1. The number of carbonyl (C=O) groups is 4. The highest BCUT2D eigenvalue weighted by atomic mass is 32.1. The maximum absolute atomic E-state index is 15.7. The van der Waals surface area contributed by atoms with Crippen molar-refractivity contribution in [1.82, 2.24) is 0 Å². The summed E-state index contributed by atoms with van der Waals surface area (Å²) in [6.45, 7) is 3.29. The molecule has 1 amide bonds. The molecule has 0 saturated carbocycles. The maximum atomic E-state index is 15.7. The minimum absolute atomic E-state index is 0.0490. The maximum Gasteiger partial charge on any atom is 0.514 e. The average Bonchev–Trinajstić information content (AvgIpc) is 3.63. The number of nitrogens with one attached hydrogen (secondary N) is 1. The van der Waals surface area contributed by atoms with E-state index < -0.39 is 82.7 Å². The van der Waals surface area contributed by atoms with E-state index in [4.69, 9.17) is 18.9 Å². The fraction of sp³-hybridized carbons (Fsp3) is 0.257. The number of alkyl halides is 3. The molecule has 0 aliphatic carbocycles. The second kappa shape index (κ2) is 16.0. The van der Waals surface area contributed by atoms with Gasteiger partial charge in [0.05, 0.1) is 24.0 Å². The number of carboxylic acids is 1. The minimum Gasteiger partial charge on any atom is -0.489 e. The Morgan fingerprint density at radius 1 is 0.941 bits per heavy atom. The fourth-order valence-electron chi connectivity index (χ4n) is 4.67. The second-order valence-corrected chi connectivity index (χ2v) is 11.8. The molecule has 0 fully saturated rings. The van der Waals surface area contributed by atoms with E-state index in [1.165, 1.54) is 67.8 Å². The van der Waals surface area contributed by atoms with Gasteiger partial charge in [0.2, 0.25) is 17.0 Å². The summed E-state index contributed by atoms with van der Waals surface area (Å²) in [6, 6.07) is 13.2. The monoisotopic (exact) mass is 735 g/mol. The van der Waals surface area contributed by atoms with Crippen molar-refractivity contribution < 1.29 is 65.2 Å². The zero-order valence-corrected chi connectivity index (χ0v) is 28.0. The third-order valence-corrected chi connectivity index (χ3v) is 8.53. The topological polar surface area (TPSA) is 137 Å². The molecule has 51 heavy (non-hydrogen) atoms. The van der Waals surface area contributed by atoms with Crippen LogP contribution in [0.25, 0.3) is 11.1 Å². The highest BCUT2D eigenvalue weighted by Crippen LogP contribution is 2.39. The minimum atomic E-state index is -4.58. The number of amides is 1. The van der Waals surface area contributed by atoms with E-state index >= 15 is 8.78 Å². The van der Waals surface area contributed by atoms with Gasteiger partial charge in [0.15, 0.2) is 11.6 Å². The van der Waals surface area contributed by atoms with Gasteiger partial charge < -0.3 is 29.4 Å². The summed E-state index contributed by atoms with van der Waals surface area (Å²) in [4.78, 5) is 51.6. The highest BCUT2D eigenvalue weighted by Gasteiger charge is 2.53. The van der Waals surface area contributed by atoms with Crippen molar-refractivity contribution in [2.24, 2.45) is 0 Å². The Hall–Kier alpha value is -5.51. The molecule has 10 nitrogen and oxygen atoms in total. The van der Waals surface area contributed by atoms with E-state index in [1.807, 2.05) is 0 Å². The van der Waals surface area contributed by atoms with Gasteiger partial charge in [-0.25, -0.2) is 9.18 Å². The number of hydrogen-bond donors (Lipinski definition) is 2. The first-order valence-electron chi connectivity index (χ1n) is 15.2. The first-order valence-corrected chi connectivity index (χ1v) is 16.1. The van der Waals surface area contributed by atoms with Crippen molar-refractivity contribution in [2.75, 3.05) is 18.5 Å². The molecule has 0 radical (unpaired) electrons. The number of hydrogen-bond acceptors (Lipinski definition) is 9. The van der Waals surface area contributed by atoms with Crippen LogP contribution in [0, 0.1) is 11.6 Å². The molecule has 1 aromatic heterocycles. The summed E-state index contributed by atoms with van der Waals surface area (Å²) in [7, 11) is 0. The van der Waals surface area contributed by atoms with E-state index in [-0.39, 0.29) is 28.2 Å². The Morgan fingerprint density at radius 3 is 2.22 bits per heavy atom. The number of ether oxygens (including phenoxy) is 4. The summed E-state index contributed by atoms with van der Waals surface area (Å²) in [6.07, 6.45) is -6.71. The van der Waals surface area contributed by atoms with Crippen molar-refractivity contribution in [2.45, 2.75) is 44.9 Å². The van der Waals surface area contributed by atoms with Crippen LogP contribution >= 0.6 is 11.3 Å². The number of aliphatic carboxylic acids is 1. The molecule has 0 bridgehead atoms. The van der Waals surface area contributed by atoms with Gasteiger partial charge in [0.1, 0.15) is 6.61 Å². The van der Waals surface area contributed by atoms with Crippen LogP contribution in [0.5, 0.6) is 11.5 Å². The van der Waals surface area contributed by atoms with Gasteiger partial charge in [-0.05, 0) is 61.0 Å². The summed E-state index contributed by atoms with van der Waals surface area (Å²) in [5, 5.41) is 13.9. The number of esters is 1. The van der Waals surface area contributed by atoms with Crippen LogP contribution in [0.4, 0.5) is 32.4 Å². The molecule has 16 heteroatoms. The lowest BCUT2D eigenvalue weighted by Gasteiger charge is -2.27. The standard InChI is InChI=1S/C35H30F5NO9S/c1-4-19(3)49-32(45)34(31(43)44,26-11-8-16-51-26)18-48-33(46)50-28-24(36)17-25(29(27(28)37)47-5-2)41-30(42)23-10-7-6-9-22(23)20-12-14-21(15-13-20)35(38,39)40/h6-17,19H,4-5,18H2,1-3H3,(H,41,42)(H,43,44). The first kappa shape index (κ1) is 38.3. The zero-order chi connectivity index (χ0) is 37.5. The molecule has 2 unspecified atom stereocenters. The molecule has 4 aromatic rings. The van der Waals surface area contributed by atoms with Crippen molar-refractivity contribution in [1.29, 1.82) is 0 Å². The molecule has 3 aromatic carbocycles. The van der Waals surface area contributed by atoms with Gasteiger partial charge in [-0.1, -0.05) is 43.3 Å². The van der Waals surface area contributed by atoms with Gasteiger partial charge in [-0.3, -0.25) is 14.4 Å². The number of halogens is 5. The lowest BCUT2D eigenvalue weighted by Crippen LogP contribution is -2.49. The van der Waals surface area contributed by atoms with Crippen molar-refractivity contribution >= 4 is 41.0 Å². The lowest BCUT2D eigenvalue weighted by atomic mass is 9.87. The first-order chi connectivity index (χ1) is 24.1. The van der Waals surface area contributed by atoms with Gasteiger partial charge in [0.25, 0.3) is 5.91 Å². The summed E-state index contributed by atoms with van der Waals surface area (Å²) in [5.74, 6) is -9.06. The molecular formula is C35H30F5NO9S. The van der Waals surface area contributed by atoms with Crippen LogP contribution in [0.3, 0.4) is 0 Å². The Bertz CT molecular complexity index is 1900. The van der Waals surface area contributed by atoms with Crippen LogP contribution in [-0.4, -0.2) is 48.4 Å². The smallest absolute Gasteiger partial charge is 0.489 e. The third kappa shape index (κ3) is 8.45. The van der Waals surface area contributed by atoms with E-state index in [0.717, 1.165) is 23.5 Å². The predicted octanol–water partition coefficient (Wildman–Crippen LogP) is 8.24. The number of carboxylic acid groups (broad SMARTS) is 1.